The van der Waals surface area contributed by atoms with Crippen LogP contribution in [-0.2, 0) is 19.7 Å². The molecule has 0 unspecified atom stereocenters. The third-order valence-corrected chi connectivity index (χ3v) is 5.57. The smallest absolute Gasteiger partial charge is 0.255 e. The number of carbonyl (C=O) groups is 2. The maximum atomic E-state index is 13.5. The number of anilines is 1. The van der Waals surface area contributed by atoms with Crippen molar-refractivity contribution in [3.63, 3.8) is 0 Å². The minimum atomic E-state index is -0.867. The molecule has 7 nitrogen and oxygen atoms in total. The molecular weight excluding hydrogens is 431 g/mol. The standard InChI is InChI=1S/C21H22Cl2N2O5/c1-28-17-5-3-14(11-18(17)30-12-19(24)26)25-20(27)21(6-8-29-9-7-21)15-4-2-13(22)10-16(15)23/h2-5,10-11H,6-9,12H2,1H3,(H2,24,26)(H,25,27). The third-order valence-electron chi connectivity index (χ3n) is 5.02. The summed E-state index contributed by atoms with van der Waals surface area (Å²) in [5.74, 6) is -0.138. The lowest BCUT2D eigenvalue weighted by Crippen LogP contribution is -2.45. The highest BCUT2D eigenvalue weighted by molar-refractivity contribution is 6.35. The quantitative estimate of drug-likeness (QED) is 0.668. The van der Waals surface area contributed by atoms with Gasteiger partial charge < -0.3 is 25.3 Å². The fraction of sp³-hybridized carbons (Fsp3) is 0.333. The van der Waals surface area contributed by atoms with Crippen LogP contribution in [0.3, 0.4) is 0 Å². The normalized spacial score (nSPS) is 15.3. The molecule has 1 aliphatic rings. The minimum absolute atomic E-state index is 0.221. The summed E-state index contributed by atoms with van der Waals surface area (Å²) in [6, 6.07) is 10.0. The van der Waals surface area contributed by atoms with Crippen molar-refractivity contribution >= 4 is 40.7 Å². The number of methoxy groups -OCH3 is 1. The highest BCUT2D eigenvalue weighted by atomic mass is 35.5. The van der Waals surface area contributed by atoms with Crippen molar-refractivity contribution in [3.05, 3.63) is 52.0 Å². The van der Waals surface area contributed by atoms with E-state index in [4.69, 9.17) is 43.1 Å². The molecule has 3 N–H and O–H groups in total. The first kappa shape index (κ1) is 22.2. The van der Waals surface area contributed by atoms with Crippen molar-refractivity contribution in [2.75, 3.05) is 32.2 Å². The van der Waals surface area contributed by atoms with Crippen molar-refractivity contribution in [1.82, 2.24) is 0 Å². The molecule has 30 heavy (non-hydrogen) atoms. The van der Waals surface area contributed by atoms with Gasteiger partial charge in [-0.2, -0.15) is 0 Å². The Morgan fingerprint density at radius 1 is 1.13 bits per heavy atom. The molecule has 1 fully saturated rings. The Labute approximate surface area is 184 Å². The molecule has 0 radical (unpaired) electrons. The number of nitrogens with one attached hydrogen (secondary N) is 1. The van der Waals surface area contributed by atoms with E-state index in [1.165, 1.54) is 7.11 Å². The van der Waals surface area contributed by atoms with E-state index in [1.54, 1.807) is 36.4 Å². The van der Waals surface area contributed by atoms with E-state index >= 15 is 0 Å². The van der Waals surface area contributed by atoms with E-state index in [0.29, 0.717) is 58.9 Å². The number of hydrogen-bond acceptors (Lipinski definition) is 5. The lowest BCUT2D eigenvalue weighted by molar-refractivity contribution is -0.125. The van der Waals surface area contributed by atoms with E-state index in [0.717, 1.165) is 0 Å². The van der Waals surface area contributed by atoms with Crippen LogP contribution in [0.2, 0.25) is 10.0 Å². The largest absolute Gasteiger partial charge is 0.493 e. The fourth-order valence-electron chi connectivity index (χ4n) is 3.48. The first-order chi connectivity index (χ1) is 14.4. The summed E-state index contributed by atoms with van der Waals surface area (Å²) < 4.78 is 16.1. The number of hydrogen-bond donors (Lipinski definition) is 2. The highest BCUT2D eigenvalue weighted by Crippen LogP contribution is 2.41. The van der Waals surface area contributed by atoms with Crippen LogP contribution in [0.15, 0.2) is 36.4 Å². The molecular formula is C21H22Cl2N2O5. The number of benzene rings is 2. The van der Waals surface area contributed by atoms with Gasteiger partial charge in [0.25, 0.3) is 5.91 Å². The zero-order valence-corrected chi connectivity index (χ0v) is 17.9. The van der Waals surface area contributed by atoms with Crippen molar-refractivity contribution < 1.29 is 23.8 Å². The second-order valence-electron chi connectivity index (χ2n) is 6.89. The van der Waals surface area contributed by atoms with Gasteiger partial charge in [-0.1, -0.05) is 29.3 Å². The molecule has 1 saturated heterocycles. The van der Waals surface area contributed by atoms with Gasteiger partial charge in [0.1, 0.15) is 0 Å². The topological polar surface area (TPSA) is 99.9 Å². The number of amides is 2. The number of nitrogens with two attached hydrogens (primary N) is 1. The molecule has 0 saturated carbocycles. The van der Waals surface area contributed by atoms with Gasteiger partial charge in [-0.05, 0) is 42.7 Å². The summed E-state index contributed by atoms with van der Waals surface area (Å²) in [5, 5.41) is 3.86. The summed E-state index contributed by atoms with van der Waals surface area (Å²) in [4.78, 5) is 24.5. The van der Waals surface area contributed by atoms with Crippen LogP contribution >= 0.6 is 23.2 Å². The van der Waals surface area contributed by atoms with Crippen LogP contribution in [0.5, 0.6) is 11.5 Å². The molecule has 3 rings (SSSR count). The monoisotopic (exact) mass is 452 g/mol. The second kappa shape index (κ2) is 9.55. The summed E-state index contributed by atoms with van der Waals surface area (Å²) in [6.07, 6.45) is 0.947. The van der Waals surface area contributed by atoms with E-state index in [1.807, 2.05) is 0 Å². The highest BCUT2D eigenvalue weighted by Gasteiger charge is 2.43. The van der Waals surface area contributed by atoms with Gasteiger partial charge in [-0.15, -0.1) is 0 Å². The first-order valence-corrected chi connectivity index (χ1v) is 10.1. The van der Waals surface area contributed by atoms with Crippen LogP contribution in [0.1, 0.15) is 18.4 Å². The molecule has 1 heterocycles. The Morgan fingerprint density at radius 2 is 1.87 bits per heavy atom. The van der Waals surface area contributed by atoms with Gasteiger partial charge in [0.2, 0.25) is 5.91 Å². The van der Waals surface area contributed by atoms with Crippen molar-refractivity contribution in [3.8, 4) is 11.5 Å². The number of primary amides is 1. The predicted molar refractivity (Wildman–Crippen MR) is 115 cm³/mol. The molecule has 2 aromatic rings. The molecule has 0 spiro atoms. The van der Waals surface area contributed by atoms with Crippen molar-refractivity contribution in [2.24, 2.45) is 5.73 Å². The Kier molecular flexibility index (Phi) is 7.07. The average Bonchev–Trinajstić information content (AvgIpc) is 2.72. The number of carbonyl (C=O) groups excluding carboxylic acids is 2. The summed E-state index contributed by atoms with van der Waals surface area (Å²) in [6.45, 7) is 0.555. The van der Waals surface area contributed by atoms with E-state index in [-0.39, 0.29) is 12.5 Å². The van der Waals surface area contributed by atoms with Crippen LogP contribution in [0.25, 0.3) is 0 Å². The zero-order chi connectivity index (χ0) is 21.7. The van der Waals surface area contributed by atoms with Crippen molar-refractivity contribution in [1.29, 1.82) is 0 Å². The van der Waals surface area contributed by atoms with E-state index in [9.17, 15) is 9.59 Å². The molecule has 0 aromatic heterocycles. The average molecular weight is 453 g/mol. The Morgan fingerprint density at radius 3 is 2.50 bits per heavy atom. The van der Waals surface area contributed by atoms with Crippen LogP contribution in [0, 0.1) is 0 Å². The first-order valence-electron chi connectivity index (χ1n) is 9.29. The summed E-state index contributed by atoms with van der Waals surface area (Å²) in [5.41, 5.74) is 5.46. The Hall–Kier alpha value is -2.48. The van der Waals surface area contributed by atoms with Crippen molar-refractivity contribution in [2.45, 2.75) is 18.3 Å². The van der Waals surface area contributed by atoms with Crippen LogP contribution in [-0.4, -0.2) is 38.7 Å². The third kappa shape index (κ3) is 4.80. The minimum Gasteiger partial charge on any atom is -0.493 e. The fourth-order valence-corrected chi connectivity index (χ4v) is 4.07. The molecule has 2 amide bonds. The Bertz CT molecular complexity index is 945. The maximum absolute atomic E-state index is 13.5. The lowest BCUT2D eigenvalue weighted by atomic mass is 9.73. The number of ether oxygens (including phenoxy) is 3. The van der Waals surface area contributed by atoms with E-state index in [2.05, 4.69) is 5.32 Å². The molecule has 0 bridgehead atoms. The molecule has 1 aliphatic heterocycles. The second-order valence-corrected chi connectivity index (χ2v) is 7.74. The Balaban J connectivity index is 1.91. The predicted octanol–water partition coefficient (Wildman–Crippen LogP) is 3.55. The summed E-state index contributed by atoms with van der Waals surface area (Å²) >= 11 is 12.5. The molecule has 9 heteroatoms. The maximum Gasteiger partial charge on any atom is 0.255 e. The molecule has 160 valence electrons. The van der Waals surface area contributed by atoms with Crippen LogP contribution < -0.4 is 20.5 Å². The molecule has 0 atom stereocenters. The van der Waals surface area contributed by atoms with E-state index < -0.39 is 11.3 Å². The lowest BCUT2D eigenvalue weighted by Gasteiger charge is -2.36. The number of rotatable bonds is 7. The van der Waals surface area contributed by atoms with Gasteiger partial charge in [-0.3, -0.25) is 9.59 Å². The molecule has 2 aromatic carbocycles. The van der Waals surface area contributed by atoms with Gasteiger partial charge in [-0.25, -0.2) is 0 Å². The molecule has 0 aliphatic carbocycles. The van der Waals surface area contributed by atoms with Gasteiger partial charge in [0.15, 0.2) is 18.1 Å². The van der Waals surface area contributed by atoms with Crippen LogP contribution in [0.4, 0.5) is 5.69 Å². The van der Waals surface area contributed by atoms with Gasteiger partial charge in [0, 0.05) is 35.0 Å². The number of halogens is 2. The SMILES string of the molecule is COc1ccc(NC(=O)C2(c3ccc(Cl)cc3Cl)CCOCC2)cc1OCC(N)=O. The van der Waals surface area contributed by atoms with Gasteiger partial charge in [0.05, 0.1) is 12.5 Å². The van der Waals surface area contributed by atoms with Gasteiger partial charge >= 0.3 is 0 Å². The summed E-state index contributed by atoms with van der Waals surface area (Å²) in [7, 11) is 1.48. The zero-order valence-electron chi connectivity index (χ0n) is 16.4.